The van der Waals surface area contributed by atoms with Crippen LogP contribution in [0.5, 0.6) is 0 Å². The number of nitrogens with zero attached hydrogens (tertiary/aromatic N) is 3. The number of hydrogen-bond donors (Lipinski definition) is 1. The second-order valence-electron chi connectivity index (χ2n) is 5.12. The van der Waals surface area contributed by atoms with E-state index in [1.165, 1.54) is 11.1 Å². The molecule has 0 fully saturated rings. The zero-order valence-electron chi connectivity index (χ0n) is 10.7. The quantitative estimate of drug-likeness (QED) is 0.859. The van der Waals surface area contributed by atoms with Gasteiger partial charge in [0.15, 0.2) is 0 Å². The van der Waals surface area contributed by atoms with Crippen LogP contribution in [-0.2, 0) is 5.54 Å². The van der Waals surface area contributed by atoms with E-state index in [1.807, 2.05) is 20.0 Å². The normalized spacial score (nSPS) is 11.8. The summed E-state index contributed by atoms with van der Waals surface area (Å²) in [6, 6.07) is 6.29. The summed E-state index contributed by atoms with van der Waals surface area (Å²) < 4.78 is 1.77. The standard InChI is InChI=1S/C13H18N4/c1-9-5-10(2)7-11(6-9)17-8-12(15-16-17)13(3,4)14/h5-8H,14H2,1-4H3. The van der Waals surface area contributed by atoms with Gasteiger partial charge in [0, 0.05) is 0 Å². The lowest BCUT2D eigenvalue weighted by Crippen LogP contribution is -2.29. The average Bonchev–Trinajstić information content (AvgIpc) is 2.63. The molecule has 0 aliphatic heterocycles. The number of benzene rings is 1. The van der Waals surface area contributed by atoms with Crippen molar-refractivity contribution < 1.29 is 0 Å². The van der Waals surface area contributed by atoms with E-state index in [0.717, 1.165) is 11.4 Å². The molecule has 1 aromatic heterocycles. The molecule has 0 saturated heterocycles. The summed E-state index contributed by atoms with van der Waals surface area (Å²) in [5, 5.41) is 8.23. The first kappa shape index (κ1) is 11.8. The Morgan fingerprint density at radius 3 is 2.18 bits per heavy atom. The smallest absolute Gasteiger partial charge is 0.102 e. The van der Waals surface area contributed by atoms with E-state index in [4.69, 9.17) is 5.73 Å². The van der Waals surface area contributed by atoms with Gasteiger partial charge >= 0.3 is 0 Å². The number of nitrogens with two attached hydrogens (primary N) is 1. The van der Waals surface area contributed by atoms with Crippen LogP contribution in [0.1, 0.15) is 30.7 Å². The largest absolute Gasteiger partial charge is 0.320 e. The highest BCUT2D eigenvalue weighted by atomic mass is 15.4. The summed E-state index contributed by atoms with van der Waals surface area (Å²) in [4.78, 5) is 0. The van der Waals surface area contributed by atoms with Gasteiger partial charge in [-0.1, -0.05) is 11.3 Å². The van der Waals surface area contributed by atoms with Crippen molar-refractivity contribution in [2.45, 2.75) is 33.2 Å². The molecule has 0 unspecified atom stereocenters. The van der Waals surface area contributed by atoms with Crippen molar-refractivity contribution in [3.05, 3.63) is 41.2 Å². The molecule has 0 spiro atoms. The Bertz CT molecular complexity index is 514. The van der Waals surface area contributed by atoms with Crippen molar-refractivity contribution in [1.82, 2.24) is 15.0 Å². The molecule has 0 aliphatic rings. The van der Waals surface area contributed by atoms with Gasteiger partial charge < -0.3 is 5.73 Å². The Hall–Kier alpha value is -1.68. The third kappa shape index (κ3) is 2.53. The maximum Gasteiger partial charge on any atom is 0.102 e. The fourth-order valence-electron chi connectivity index (χ4n) is 1.77. The van der Waals surface area contributed by atoms with E-state index in [-0.39, 0.29) is 0 Å². The number of aromatic nitrogens is 3. The van der Waals surface area contributed by atoms with Crippen LogP contribution in [0, 0.1) is 13.8 Å². The van der Waals surface area contributed by atoms with Gasteiger partial charge in [-0.2, -0.15) is 0 Å². The summed E-state index contributed by atoms with van der Waals surface area (Å²) in [6.07, 6.45) is 1.88. The van der Waals surface area contributed by atoms with Gasteiger partial charge in [-0.25, -0.2) is 4.68 Å². The van der Waals surface area contributed by atoms with E-state index < -0.39 is 5.54 Å². The fourth-order valence-corrected chi connectivity index (χ4v) is 1.77. The third-order valence-electron chi connectivity index (χ3n) is 2.62. The van der Waals surface area contributed by atoms with Gasteiger partial charge in [0.05, 0.1) is 17.4 Å². The minimum Gasteiger partial charge on any atom is -0.320 e. The Kier molecular flexibility index (Phi) is 2.75. The SMILES string of the molecule is Cc1cc(C)cc(-n2cc(C(C)(C)N)nn2)c1. The second kappa shape index (κ2) is 3.96. The molecule has 2 N–H and O–H groups in total. The van der Waals surface area contributed by atoms with Crippen molar-refractivity contribution in [2.75, 3.05) is 0 Å². The van der Waals surface area contributed by atoms with Gasteiger partial charge in [-0.05, 0) is 51.0 Å². The lowest BCUT2D eigenvalue weighted by molar-refractivity contribution is 0.533. The van der Waals surface area contributed by atoms with E-state index in [9.17, 15) is 0 Å². The summed E-state index contributed by atoms with van der Waals surface area (Å²) in [6.45, 7) is 7.98. The first-order valence-corrected chi connectivity index (χ1v) is 5.66. The lowest BCUT2D eigenvalue weighted by Gasteiger charge is -2.13. The number of aryl methyl sites for hydroxylation is 2. The van der Waals surface area contributed by atoms with Crippen LogP contribution in [0.3, 0.4) is 0 Å². The van der Waals surface area contributed by atoms with Crippen LogP contribution in [0.2, 0.25) is 0 Å². The first-order valence-electron chi connectivity index (χ1n) is 5.66. The highest BCUT2D eigenvalue weighted by Crippen LogP contribution is 2.17. The van der Waals surface area contributed by atoms with E-state index in [2.05, 4.69) is 42.4 Å². The zero-order chi connectivity index (χ0) is 12.6. The first-order chi connectivity index (χ1) is 7.86. The van der Waals surface area contributed by atoms with Gasteiger partial charge in [0.25, 0.3) is 0 Å². The Labute approximate surface area is 101 Å². The fraction of sp³-hybridized carbons (Fsp3) is 0.385. The van der Waals surface area contributed by atoms with Crippen LogP contribution < -0.4 is 5.73 Å². The van der Waals surface area contributed by atoms with Crippen LogP contribution in [0.4, 0.5) is 0 Å². The van der Waals surface area contributed by atoms with Crippen LogP contribution in [-0.4, -0.2) is 15.0 Å². The zero-order valence-corrected chi connectivity index (χ0v) is 10.7. The molecule has 1 heterocycles. The molecular weight excluding hydrogens is 212 g/mol. The van der Waals surface area contributed by atoms with E-state index >= 15 is 0 Å². The minimum atomic E-state index is -0.461. The molecule has 2 aromatic rings. The predicted molar refractivity (Wildman–Crippen MR) is 68.0 cm³/mol. The monoisotopic (exact) mass is 230 g/mol. The average molecular weight is 230 g/mol. The second-order valence-corrected chi connectivity index (χ2v) is 5.12. The Morgan fingerprint density at radius 2 is 1.71 bits per heavy atom. The molecule has 0 aliphatic carbocycles. The molecule has 4 nitrogen and oxygen atoms in total. The van der Waals surface area contributed by atoms with Crippen molar-refractivity contribution >= 4 is 0 Å². The molecule has 17 heavy (non-hydrogen) atoms. The van der Waals surface area contributed by atoms with Crippen molar-refractivity contribution in [2.24, 2.45) is 5.73 Å². The molecule has 0 saturated carbocycles. The van der Waals surface area contributed by atoms with Crippen LogP contribution >= 0.6 is 0 Å². The van der Waals surface area contributed by atoms with Crippen molar-refractivity contribution in [3.8, 4) is 5.69 Å². The summed E-state index contributed by atoms with van der Waals surface area (Å²) >= 11 is 0. The van der Waals surface area contributed by atoms with Gasteiger partial charge in [-0.15, -0.1) is 5.10 Å². The lowest BCUT2D eigenvalue weighted by atomic mass is 10.0. The maximum absolute atomic E-state index is 5.99. The molecular formula is C13H18N4. The number of rotatable bonds is 2. The molecule has 4 heteroatoms. The highest BCUT2D eigenvalue weighted by molar-refractivity contribution is 5.38. The molecule has 2 rings (SSSR count). The topological polar surface area (TPSA) is 56.7 Å². The number of hydrogen-bond acceptors (Lipinski definition) is 3. The summed E-state index contributed by atoms with van der Waals surface area (Å²) in [7, 11) is 0. The molecule has 1 aromatic carbocycles. The van der Waals surface area contributed by atoms with Crippen molar-refractivity contribution in [3.63, 3.8) is 0 Å². The van der Waals surface area contributed by atoms with Crippen molar-refractivity contribution in [1.29, 1.82) is 0 Å². The molecule has 0 amide bonds. The Balaban J connectivity index is 2.44. The summed E-state index contributed by atoms with van der Waals surface area (Å²) in [5.41, 5.74) is 9.76. The predicted octanol–water partition coefficient (Wildman–Crippen LogP) is 2.08. The molecule has 0 radical (unpaired) electrons. The van der Waals surface area contributed by atoms with Crippen LogP contribution in [0.15, 0.2) is 24.4 Å². The Morgan fingerprint density at radius 1 is 1.12 bits per heavy atom. The molecule has 90 valence electrons. The van der Waals surface area contributed by atoms with E-state index in [1.54, 1.807) is 4.68 Å². The highest BCUT2D eigenvalue weighted by Gasteiger charge is 2.18. The summed E-state index contributed by atoms with van der Waals surface area (Å²) in [5.74, 6) is 0. The van der Waals surface area contributed by atoms with E-state index in [0.29, 0.717) is 0 Å². The van der Waals surface area contributed by atoms with Gasteiger partial charge in [-0.3, -0.25) is 0 Å². The third-order valence-corrected chi connectivity index (χ3v) is 2.62. The van der Waals surface area contributed by atoms with Gasteiger partial charge in [0.1, 0.15) is 5.69 Å². The van der Waals surface area contributed by atoms with Crippen LogP contribution in [0.25, 0.3) is 5.69 Å². The van der Waals surface area contributed by atoms with Gasteiger partial charge in [0.2, 0.25) is 0 Å². The maximum atomic E-state index is 5.99. The molecule has 0 atom stereocenters. The molecule has 0 bridgehead atoms. The minimum absolute atomic E-state index is 0.461.